The van der Waals surface area contributed by atoms with E-state index in [0.29, 0.717) is 17.5 Å². The van der Waals surface area contributed by atoms with Crippen LogP contribution < -0.4 is 5.32 Å². The predicted octanol–water partition coefficient (Wildman–Crippen LogP) is 5.06. The lowest BCUT2D eigenvalue weighted by molar-refractivity contribution is -0.119. The summed E-state index contributed by atoms with van der Waals surface area (Å²) >= 11 is 0. The molecule has 6 nitrogen and oxygen atoms in total. The summed E-state index contributed by atoms with van der Waals surface area (Å²) in [5, 5.41) is 7.49. The van der Waals surface area contributed by atoms with Crippen molar-refractivity contribution in [3.63, 3.8) is 0 Å². The zero-order chi connectivity index (χ0) is 21.8. The van der Waals surface area contributed by atoms with Gasteiger partial charge in [0.15, 0.2) is 12.3 Å². The van der Waals surface area contributed by atoms with Crippen LogP contribution in [0.2, 0.25) is 0 Å². The van der Waals surface area contributed by atoms with E-state index in [1.165, 1.54) is 0 Å². The van der Waals surface area contributed by atoms with Crippen molar-refractivity contribution in [3.8, 4) is 5.69 Å². The van der Waals surface area contributed by atoms with Crippen molar-refractivity contribution in [1.29, 1.82) is 0 Å². The van der Waals surface area contributed by atoms with Gasteiger partial charge in [-0.15, -0.1) is 0 Å². The average Bonchev–Trinajstić information content (AvgIpc) is 3.56. The summed E-state index contributed by atoms with van der Waals surface area (Å²) in [4.78, 5) is 25.3. The number of hydrogen-bond acceptors (Lipinski definition) is 4. The molecule has 1 heterocycles. The molecule has 4 rings (SSSR count). The fourth-order valence-corrected chi connectivity index (χ4v) is 3.54. The molecule has 2 aromatic carbocycles. The van der Waals surface area contributed by atoms with Crippen LogP contribution in [0.15, 0.2) is 60.7 Å². The second-order valence-corrected chi connectivity index (χ2v) is 8.00. The monoisotopic (exact) mass is 417 g/mol. The molecule has 0 saturated heterocycles. The highest BCUT2D eigenvalue weighted by molar-refractivity contribution is 5.95. The molecule has 6 heteroatoms. The van der Waals surface area contributed by atoms with Crippen molar-refractivity contribution < 1.29 is 14.3 Å². The first-order valence-corrected chi connectivity index (χ1v) is 10.8. The van der Waals surface area contributed by atoms with Crippen LogP contribution in [0.25, 0.3) is 5.69 Å². The highest BCUT2D eigenvalue weighted by Crippen LogP contribution is 2.39. The Labute approximate surface area is 182 Å². The topological polar surface area (TPSA) is 73.2 Å². The standard InChI is InChI=1S/C25H27N3O3/c1-3-17(2)20-11-7-8-12-21(20)26-24(29)16-31-25(30)23-15-22(18-13-14-18)27-28(23)19-9-5-4-6-10-19/h4-12,15,17-18H,3,13-14,16H2,1-2H3,(H,26,29)/t17-/m1/s1. The van der Waals surface area contributed by atoms with Gasteiger partial charge >= 0.3 is 5.97 Å². The smallest absolute Gasteiger partial charge is 0.357 e. The minimum atomic E-state index is -0.561. The molecular weight excluding hydrogens is 390 g/mol. The number of hydrogen-bond donors (Lipinski definition) is 1. The van der Waals surface area contributed by atoms with E-state index in [1.54, 1.807) is 10.7 Å². The molecule has 1 atom stereocenters. The lowest BCUT2D eigenvalue weighted by Crippen LogP contribution is -2.22. The number of rotatable bonds is 8. The van der Waals surface area contributed by atoms with Gasteiger partial charge in [0.25, 0.3) is 5.91 Å². The van der Waals surface area contributed by atoms with Gasteiger partial charge in [-0.05, 0) is 55.0 Å². The third-order valence-electron chi connectivity index (χ3n) is 5.65. The van der Waals surface area contributed by atoms with Gasteiger partial charge in [-0.1, -0.05) is 50.2 Å². The first-order chi connectivity index (χ1) is 15.1. The van der Waals surface area contributed by atoms with Crippen molar-refractivity contribution >= 4 is 17.6 Å². The molecule has 1 fully saturated rings. The summed E-state index contributed by atoms with van der Waals surface area (Å²) in [6, 6.07) is 19.0. The van der Waals surface area contributed by atoms with Gasteiger partial charge < -0.3 is 10.1 Å². The molecule has 0 unspecified atom stereocenters. The molecule has 1 aliphatic carbocycles. The van der Waals surface area contributed by atoms with Crippen LogP contribution in [0.5, 0.6) is 0 Å². The Morgan fingerprint density at radius 2 is 1.84 bits per heavy atom. The Hall–Kier alpha value is -3.41. The Morgan fingerprint density at radius 3 is 2.55 bits per heavy atom. The Balaban J connectivity index is 1.45. The first kappa shape index (κ1) is 20.8. The van der Waals surface area contributed by atoms with Crippen molar-refractivity contribution in [2.24, 2.45) is 0 Å². The summed E-state index contributed by atoms with van der Waals surface area (Å²) in [6.07, 6.45) is 3.13. The quantitative estimate of drug-likeness (QED) is 0.520. The van der Waals surface area contributed by atoms with Gasteiger partial charge in [-0.2, -0.15) is 5.10 Å². The molecule has 0 radical (unpaired) electrons. The van der Waals surface area contributed by atoms with Crippen LogP contribution in [-0.2, 0) is 9.53 Å². The maximum absolute atomic E-state index is 12.8. The predicted molar refractivity (Wildman–Crippen MR) is 120 cm³/mol. The normalized spacial score (nSPS) is 14.1. The van der Waals surface area contributed by atoms with E-state index in [4.69, 9.17) is 4.74 Å². The van der Waals surface area contributed by atoms with E-state index in [-0.39, 0.29) is 12.5 Å². The Morgan fingerprint density at radius 1 is 1.13 bits per heavy atom. The van der Waals surface area contributed by atoms with E-state index in [1.807, 2.05) is 54.6 Å². The lowest BCUT2D eigenvalue weighted by atomic mass is 9.97. The largest absolute Gasteiger partial charge is 0.451 e. The molecule has 1 amide bonds. The molecule has 1 aromatic heterocycles. The van der Waals surface area contributed by atoms with Crippen molar-refractivity contribution in [2.45, 2.75) is 44.9 Å². The molecule has 160 valence electrons. The van der Waals surface area contributed by atoms with Gasteiger partial charge in [0.05, 0.1) is 11.4 Å². The number of carbonyl (C=O) groups is 2. The molecule has 31 heavy (non-hydrogen) atoms. The minimum absolute atomic E-state index is 0.320. The van der Waals surface area contributed by atoms with Gasteiger partial charge in [0, 0.05) is 11.6 Å². The lowest BCUT2D eigenvalue weighted by Gasteiger charge is -2.15. The van der Waals surface area contributed by atoms with Crippen LogP contribution in [0, 0.1) is 0 Å². The second-order valence-electron chi connectivity index (χ2n) is 8.00. The molecule has 1 N–H and O–H groups in total. The number of nitrogens with one attached hydrogen (secondary N) is 1. The van der Waals surface area contributed by atoms with E-state index >= 15 is 0 Å². The van der Waals surface area contributed by atoms with Crippen LogP contribution in [0.4, 0.5) is 5.69 Å². The highest BCUT2D eigenvalue weighted by atomic mass is 16.5. The van der Waals surface area contributed by atoms with Gasteiger partial charge in [0.1, 0.15) is 0 Å². The maximum atomic E-state index is 12.8. The highest BCUT2D eigenvalue weighted by Gasteiger charge is 2.29. The van der Waals surface area contributed by atoms with E-state index in [0.717, 1.165) is 41.9 Å². The SMILES string of the molecule is CC[C@@H](C)c1ccccc1NC(=O)COC(=O)c1cc(C2CC2)nn1-c1ccccc1. The number of anilines is 1. The van der Waals surface area contributed by atoms with Crippen LogP contribution >= 0.6 is 0 Å². The molecule has 0 spiro atoms. The molecular formula is C25H27N3O3. The van der Waals surface area contributed by atoms with E-state index in [9.17, 15) is 9.59 Å². The average molecular weight is 418 g/mol. The number of amides is 1. The summed E-state index contributed by atoms with van der Waals surface area (Å²) in [7, 11) is 0. The number of para-hydroxylation sites is 2. The molecule has 0 bridgehead atoms. The van der Waals surface area contributed by atoms with Crippen LogP contribution in [-0.4, -0.2) is 28.3 Å². The molecule has 3 aromatic rings. The van der Waals surface area contributed by atoms with E-state index < -0.39 is 5.97 Å². The maximum Gasteiger partial charge on any atom is 0.357 e. The number of nitrogens with zero attached hydrogens (tertiary/aromatic N) is 2. The van der Waals surface area contributed by atoms with Crippen molar-refractivity contribution in [3.05, 3.63) is 77.6 Å². The molecule has 0 aliphatic heterocycles. The summed E-state index contributed by atoms with van der Waals surface area (Å²) in [5.41, 5.74) is 3.83. The third kappa shape index (κ3) is 4.85. The fraction of sp³-hybridized carbons (Fsp3) is 0.320. The molecule has 1 saturated carbocycles. The first-order valence-electron chi connectivity index (χ1n) is 10.8. The van der Waals surface area contributed by atoms with Crippen molar-refractivity contribution in [1.82, 2.24) is 9.78 Å². The third-order valence-corrected chi connectivity index (χ3v) is 5.65. The van der Waals surface area contributed by atoms with E-state index in [2.05, 4.69) is 24.3 Å². The fourth-order valence-electron chi connectivity index (χ4n) is 3.54. The Kier molecular flexibility index (Phi) is 6.16. The number of aromatic nitrogens is 2. The second kappa shape index (κ2) is 9.16. The zero-order valence-corrected chi connectivity index (χ0v) is 17.9. The Bertz CT molecular complexity index is 1070. The van der Waals surface area contributed by atoms with Crippen LogP contribution in [0.3, 0.4) is 0 Å². The van der Waals surface area contributed by atoms with Gasteiger partial charge in [-0.3, -0.25) is 4.79 Å². The summed E-state index contributed by atoms with van der Waals surface area (Å²) in [6.45, 7) is 3.87. The number of carbonyl (C=O) groups excluding carboxylic acids is 2. The summed E-state index contributed by atoms with van der Waals surface area (Å²) in [5.74, 6) is -0.206. The number of esters is 1. The zero-order valence-electron chi connectivity index (χ0n) is 17.9. The summed E-state index contributed by atoms with van der Waals surface area (Å²) < 4.78 is 6.96. The number of ether oxygens (including phenoxy) is 1. The number of benzene rings is 2. The molecule has 1 aliphatic rings. The van der Waals surface area contributed by atoms with Gasteiger partial charge in [-0.25, -0.2) is 9.48 Å². The van der Waals surface area contributed by atoms with Crippen molar-refractivity contribution in [2.75, 3.05) is 11.9 Å². The minimum Gasteiger partial charge on any atom is -0.451 e. The van der Waals surface area contributed by atoms with Gasteiger partial charge in [0.2, 0.25) is 0 Å². The van der Waals surface area contributed by atoms with Crippen LogP contribution in [0.1, 0.15) is 66.7 Å².